The Kier molecular flexibility index (Phi) is 7.57. The SMILES string of the molecule is CCC1C(=O)NC(C)(CC)C(=O)N1CCCCCCSC. The van der Waals surface area contributed by atoms with Crippen LogP contribution in [-0.4, -0.2) is 46.8 Å². The average Bonchev–Trinajstić information content (AvgIpc) is 2.47. The van der Waals surface area contributed by atoms with Crippen LogP contribution in [0.2, 0.25) is 0 Å². The lowest BCUT2D eigenvalue weighted by Crippen LogP contribution is -2.68. The molecule has 2 unspecified atom stereocenters. The first-order chi connectivity index (χ1) is 10.00. The van der Waals surface area contributed by atoms with Crippen LogP contribution in [0.1, 0.15) is 59.3 Å². The molecule has 2 amide bonds. The molecule has 1 fully saturated rings. The van der Waals surface area contributed by atoms with Gasteiger partial charge in [-0.2, -0.15) is 11.8 Å². The molecule has 0 aromatic rings. The monoisotopic (exact) mass is 314 g/mol. The van der Waals surface area contributed by atoms with Crippen LogP contribution in [0.15, 0.2) is 0 Å². The van der Waals surface area contributed by atoms with Crippen LogP contribution in [0.25, 0.3) is 0 Å². The number of carbonyl (C=O) groups excluding carboxylic acids is 2. The van der Waals surface area contributed by atoms with Crippen molar-refractivity contribution in [3.05, 3.63) is 0 Å². The van der Waals surface area contributed by atoms with Gasteiger partial charge in [-0.3, -0.25) is 9.59 Å². The quantitative estimate of drug-likeness (QED) is 0.666. The zero-order chi connectivity index (χ0) is 15.9. The summed E-state index contributed by atoms with van der Waals surface area (Å²) in [5.74, 6) is 1.29. The molecule has 0 saturated carbocycles. The third-order valence-electron chi connectivity index (χ3n) is 4.40. The molecule has 0 aromatic heterocycles. The molecule has 0 spiro atoms. The molecule has 2 atom stereocenters. The molecule has 21 heavy (non-hydrogen) atoms. The largest absolute Gasteiger partial charge is 0.340 e. The van der Waals surface area contributed by atoms with Crippen LogP contribution in [-0.2, 0) is 9.59 Å². The highest BCUT2D eigenvalue weighted by Gasteiger charge is 2.45. The van der Waals surface area contributed by atoms with Crippen molar-refractivity contribution in [3.8, 4) is 0 Å². The first kappa shape index (κ1) is 18.3. The van der Waals surface area contributed by atoms with E-state index in [9.17, 15) is 9.59 Å². The molecule has 0 radical (unpaired) electrons. The molecule has 4 nitrogen and oxygen atoms in total. The topological polar surface area (TPSA) is 49.4 Å². The maximum absolute atomic E-state index is 12.7. The van der Waals surface area contributed by atoms with Gasteiger partial charge in [-0.05, 0) is 44.6 Å². The van der Waals surface area contributed by atoms with E-state index in [1.165, 1.54) is 18.6 Å². The Hall–Kier alpha value is -0.710. The highest BCUT2D eigenvalue weighted by molar-refractivity contribution is 7.98. The van der Waals surface area contributed by atoms with E-state index in [2.05, 4.69) is 11.6 Å². The van der Waals surface area contributed by atoms with E-state index in [-0.39, 0.29) is 17.9 Å². The van der Waals surface area contributed by atoms with Crippen molar-refractivity contribution in [1.82, 2.24) is 10.2 Å². The van der Waals surface area contributed by atoms with Crippen LogP contribution >= 0.6 is 11.8 Å². The summed E-state index contributed by atoms with van der Waals surface area (Å²) in [6, 6.07) is -0.289. The molecule has 1 aliphatic heterocycles. The van der Waals surface area contributed by atoms with Gasteiger partial charge in [0, 0.05) is 6.54 Å². The highest BCUT2D eigenvalue weighted by atomic mass is 32.2. The number of unbranched alkanes of at least 4 members (excludes halogenated alkanes) is 3. The fraction of sp³-hybridized carbons (Fsp3) is 0.875. The molecule has 1 rings (SSSR count). The summed E-state index contributed by atoms with van der Waals surface area (Å²) < 4.78 is 0. The predicted molar refractivity (Wildman–Crippen MR) is 89.5 cm³/mol. The smallest absolute Gasteiger partial charge is 0.248 e. The molecule has 0 bridgehead atoms. The maximum Gasteiger partial charge on any atom is 0.248 e. The Morgan fingerprint density at radius 3 is 2.43 bits per heavy atom. The predicted octanol–water partition coefficient (Wildman–Crippen LogP) is 2.82. The molecule has 1 heterocycles. The number of thioether (sulfide) groups is 1. The van der Waals surface area contributed by atoms with Crippen molar-refractivity contribution in [2.45, 2.75) is 70.9 Å². The Balaban J connectivity index is 2.58. The number of rotatable bonds is 9. The van der Waals surface area contributed by atoms with E-state index >= 15 is 0 Å². The molecule has 122 valence electrons. The lowest BCUT2D eigenvalue weighted by Gasteiger charge is -2.44. The van der Waals surface area contributed by atoms with Gasteiger partial charge in [0.25, 0.3) is 0 Å². The van der Waals surface area contributed by atoms with Crippen LogP contribution in [0, 0.1) is 0 Å². The highest BCUT2D eigenvalue weighted by Crippen LogP contribution is 2.23. The Labute approximate surface area is 133 Å². The first-order valence-electron chi connectivity index (χ1n) is 8.12. The van der Waals surface area contributed by atoms with Crippen molar-refractivity contribution < 1.29 is 9.59 Å². The van der Waals surface area contributed by atoms with Gasteiger partial charge in [-0.1, -0.05) is 26.7 Å². The molecule has 5 heteroatoms. The maximum atomic E-state index is 12.7. The van der Waals surface area contributed by atoms with Crippen molar-refractivity contribution in [2.75, 3.05) is 18.6 Å². The fourth-order valence-corrected chi connectivity index (χ4v) is 3.29. The molecule has 1 N–H and O–H groups in total. The third kappa shape index (κ3) is 4.63. The number of hydrogen-bond donors (Lipinski definition) is 1. The van der Waals surface area contributed by atoms with E-state index in [4.69, 9.17) is 0 Å². The van der Waals surface area contributed by atoms with Gasteiger partial charge >= 0.3 is 0 Å². The minimum Gasteiger partial charge on any atom is -0.340 e. The van der Waals surface area contributed by atoms with Gasteiger partial charge in [0.1, 0.15) is 11.6 Å². The molecule has 1 saturated heterocycles. The standard InChI is InChI=1S/C16H30N2O2S/c1-5-13-14(19)17-16(3,6-2)15(20)18(13)11-9-7-8-10-12-21-4/h13H,5-12H2,1-4H3,(H,17,19). The average molecular weight is 314 g/mol. The van der Waals surface area contributed by atoms with E-state index in [1.807, 2.05) is 37.4 Å². The van der Waals surface area contributed by atoms with Crippen molar-refractivity contribution in [2.24, 2.45) is 0 Å². The normalized spacial score (nSPS) is 26.1. The number of hydrogen-bond acceptors (Lipinski definition) is 3. The lowest BCUT2D eigenvalue weighted by atomic mass is 9.91. The van der Waals surface area contributed by atoms with Crippen LogP contribution in [0.5, 0.6) is 0 Å². The van der Waals surface area contributed by atoms with Crippen molar-refractivity contribution in [3.63, 3.8) is 0 Å². The van der Waals surface area contributed by atoms with Gasteiger partial charge in [0.2, 0.25) is 11.8 Å². The third-order valence-corrected chi connectivity index (χ3v) is 5.10. The minimum absolute atomic E-state index is 0.00355. The molecular weight excluding hydrogens is 284 g/mol. The Bertz CT molecular complexity index is 362. The summed E-state index contributed by atoms with van der Waals surface area (Å²) in [5.41, 5.74) is -0.721. The van der Waals surface area contributed by atoms with Gasteiger partial charge in [0.15, 0.2) is 0 Å². The lowest BCUT2D eigenvalue weighted by molar-refractivity contribution is -0.154. The van der Waals surface area contributed by atoms with Crippen LogP contribution < -0.4 is 5.32 Å². The Morgan fingerprint density at radius 2 is 1.86 bits per heavy atom. The van der Waals surface area contributed by atoms with Crippen LogP contribution in [0.3, 0.4) is 0 Å². The van der Waals surface area contributed by atoms with Gasteiger partial charge in [-0.25, -0.2) is 0 Å². The van der Waals surface area contributed by atoms with E-state index in [1.54, 1.807) is 0 Å². The number of nitrogens with zero attached hydrogens (tertiary/aromatic N) is 1. The minimum atomic E-state index is -0.721. The summed E-state index contributed by atoms with van der Waals surface area (Å²) in [6.07, 6.45) is 8.01. The molecular formula is C16H30N2O2S. The van der Waals surface area contributed by atoms with Gasteiger partial charge in [-0.15, -0.1) is 0 Å². The Morgan fingerprint density at radius 1 is 1.19 bits per heavy atom. The number of nitrogens with one attached hydrogen (secondary N) is 1. The zero-order valence-electron chi connectivity index (χ0n) is 13.9. The zero-order valence-corrected chi connectivity index (χ0v) is 14.7. The van der Waals surface area contributed by atoms with E-state index in [0.29, 0.717) is 19.4 Å². The van der Waals surface area contributed by atoms with Crippen molar-refractivity contribution >= 4 is 23.6 Å². The summed E-state index contributed by atoms with van der Waals surface area (Å²) >= 11 is 1.88. The number of carbonyl (C=O) groups is 2. The van der Waals surface area contributed by atoms with Crippen LogP contribution in [0.4, 0.5) is 0 Å². The molecule has 0 aromatic carbocycles. The number of piperazine rings is 1. The second kappa shape index (κ2) is 8.66. The first-order valence-corrected chi connectivity index (χ1v) is 9.51. The van der Waals surface area contributed by atoms with Crippen molar-refractivity contribution in [1.29, 1.82) is 0 Å². The second-order valence-corrected chi connectivity index (χ2v) is 6.99. The van der Waals surface area contributed by atoms with E-state index < -0.39 is 5.54 Å². The fourth-order valence-electron chi connectivity index (χ4n) is 2.79. The second-order valence-electron chi connectivity index (χ2n) is 6.00. The summed E-state index contributed by atoms with van der Waals surface area (Å²) in [5, 5.41) is 2.91. The van der Waals surface area contributed by atoms with E-state index in [0.717, 1.165) is 12.8 Å². The summed E-state index contributed by atoms with van der Waals surface area (Å²) in [7, 11) is 0. The molecule has 0 aliphatic carbocycles. The molecule has 1 aliphatic rings. The van der Waals surface area contributed by atoms with Gasteiger partial charge < -0.3 is 10.2 Å². The van der Waals surface area contributed by atoms with Gasteiger partial charge in [0.05, 0.1) is 0 Å². The summed E-state index contributed by atoms with van der Waals surface area (Å²) in [6.45, 7) is 6.47. The number of amides is 2. The summed E-state index contributed by atoms with van der Waals surface area (Å²) in [4.78, 5) is 26.7.